The van der Waals surface area contributed by atoms with E-state index in [0.29, 0.717) is 6.54 Å². The number of benzene rings is 1. The van der Waals surface area contributed by atoms with E-state index in [4.69, 9.17) is 0 Å². The summed E-state index contributed by atoms with van der Waals surface area (Å²) in [7, 11) is 0. The molecule has 5 nitrogen and oxygen atoms in total. The third-order valence-corrected chi connectivity index (χ3v) is 4.20. The van der Waals surface area contributed by atoms with Gasteiger partial charge in [-0.25, -0.2) is 9.78 Å². The normalized spacial score (nSPS) is 10.3. The maximum absolute atomic E-state index is 12.1. The molecule has 2 rings (SSSR count). The highest BCUT2D eigenvalue weighted by atomic mass is 16.2. The molecule has 1 heterocycles. The molecule has 2 N–H and O–H groups in total. The van der Waals surface area contributed by atoms with Crippen molar-refractivity contribution in [2.45, 2.75) is 34.2 Å². The van der Waals surface area contributed by atoms with Crippen LogP contribution in [0.2, 0.25) is 0 Å². The summed E-state index contributed by atoms with van der Waals surface area (Å²) in [6.07, 6.45) is 1.78. The number of hydrogen-bond acceptors (Lipinski definition) is 3. The molecular formula is C19H26N4O. The zero-order valence-electron chi connectivity index (χ0n) is 14.9. The van der Waals surface area contributed by atoms with Crippen LogP contribution in [0.3, 0.4) is 0 Å². The number of carbonyl (C=O) groups excluding carboxylic acids is 1. The van der Waals surface area contributed by atoms with Crippen molar-refractivity contribution in [3.8, 4) is 0 Å². The first-order chi connectivity index (χ1) is 11.5. The number of urea groups is 1. The van der Waals surface area contributed by atoms with E-state index in [0.717, 1.165) is 41.3 Å². The molecule has 0 aliphatic rings. The highest BCUT2D eigenvalue weighted by Crippen LogP contribution is 2.18. The number of amides is 2. The lowest BCUT2D eigenvalue weighted by molar-refractivity contribution is 0.251. The highest BCUT2D eigenvalue weighted by molar-refractivity contribution is 5.90. The van der Waals surface area contributed by atoms with E-state index in [-0.39, 0.29) is 6.03 Å². The minimum atomic E-state index is -0.204. The van der Waals surface area contributed by atoms with Gasteiger partial charge in [0.15, 0.2) is 0 Å². The molecule has 0 fully saturated rings. The molecule has 1 aromatic heterocycles. The molecule has 0 aliphatic heterocycles. The summed E-state index contributed by atoms with van der Waals surface area (Å²) < 4.78 is 0. The van der Waals surface area contributed by atoms with Gasteiger partial charge in [0.1, 0.15) is 5.82 Å². The first kappa shape index (κ1) is 17.8. The van der Waals surface area contributed by atoms with E-state index in [9.17, 15) is 4.79 Å². The smallest absolute Gasteiger partial charge is 0.319 e. The van der Waals surface area contributed by atoms with Gasteiger partial charge in [-0.2, -0.15) is 0 Å². The van der Waals surface area contributed by atoms with Crippen LogP contribution in [-0.4, -0.2) is 24.1 Å². The number of rotatable bonds is 6. The van der Waals surface area contributed by atoms with Crippen LogP contribution in [0.25, 0.3) is 0 Å². The fraction of sp³-hybridized carbons (Fsp3) is 0.368. The van der Waals surface area contributed by atoms with Gasteiger partial charge in [-0.1, -0.05) is 12.1 Å². The van der Waals surface area contributed by atoms with Gasteiger partial charge >= 0.3 is 6.03 Å². The number of carbonyl (C=O) groups is 1. The standard InChI is InChI=1S/C19H26N4O/c1-5-23(6-2)18-12-16(10-11-20-18)13-21-19(24)22-17-9-7-8-14(3)15(17)4/h7-12H,5-6,13H2,1-4H3,(H2,21,22,24). The van der Waals surface area contributed by atoms with E-state index in [1.807, 2.05) is 44.2 Å². The predicted octanol–water partition coefficient (Wildman–Crippen LogP) is 3.87. The van der Waals surface area contributed by atoms with E-state index in [1.165, 1.54) is 0 Å². The molecule has 5 heteroatoms. The Balaban J connectivity index is 1.97. The molecule has 0 spiro atoms. The minimum Gasteiger partial charge on any atom is -0.357 e. The molecule has 2 amide bonds. The van der Waals surface area contributed by atoms with Gasteiger partial charge in [0, 0.05) is 31.5 Å². The second-order valence-electron chi connectivity index (χ2n) is 5.75. The second kappa shape index (κ2) is 8.34. The van der Waals surface area contributed by atoms with Crippen LogP contribution in [0, 0.1) is 13.8 Å². The highest BCUT2D eigenvalue weighted by Gasteiger charge is 2.07. The van der Waals surface area contributed by atoms with E-state index >= 15 is 0 Å². The molecule has 1 aromatic carbocycles. The van der Waals surface area contributed by atoms with Gasteiger partial charge in [0.2, 0.25) is 0 Å². The summed E-state index contributed by atoms with van der Waals surface area (Å²) in [4.78, 5) is 18.7. The van der Waals surface area contributed by atoms with Gasteiger partial charge < -0.3 is 15.5 Å². The van der Waals surface area contributed by atoms with Crippen LogP contribution in [0.4, 0.5) is 16.3 Å². The Kier molecular flexibility index (Phi) is 6.18. The molecule has 0 aliphatic carbocycles. The molecule has 0 saturated carbocycles. The van der Waals surface area contributed by atoms with Crippen LogP contribution < -0.4 is 15.5 Å². The van der Waals surface area contributed by atoms with Crippen LogP contribution in [0.5, 0.6) is 0 Å². The van der Waals surface area contributed by atoms with Crippen LogP contribution in [0.1, 0.15) is 30.5 Å². The molecule has 0 unspecified atom stereocenters. The molecule has 128 valence electrons. The lowest BCUT2D eigenvalue weighted by atomic mass is 10.1. The molecular weight excluding hydrogens is 300 g/mol. The summed E-state index contributed by atoms with van der Waals surface area (Å²) in [6.45, 7) is 10.5. The van der Waals surface area contributed by atoms with Crippen molar-refractivity contribution < 1.29 is 4.79 Å². The van der Waals surface area contributed by atoms with Crippen LogP contribution in [-0.2, 0) is 6.54 Å². The van der Waals surface area contributed by atoms with Crippen LogP contribution in [0.15, 0.2) is 36.5 Å². The zero-order valence-corrected chi connectivity index (χ0v) is 14.9. The fourth-order valence-electron chi connectivity index (χ4n) is 2.53. The monoisotopic (exact) mass is 326 g/mol. The van der Waals surface area contributed by atoms with Crippen molar-refractivity contribution >= 4 is 17.5 Å². The van der Waals surface area contributed by atoms with Crippen molar-refractivity contribution in [3.63, 3.8) is 0 Å². The van der Waals surface area contributed by atoms with E-state index < -0.39 is 0 Å². The van der Waals surface area contributed by atoms with Gasteiger partial charge in [0.05, 0.1) is 0 Å². The Labute approximate surface area is 144 Å². The fourth-order valence-corrected chi connectivity index (χ4v) is 2.53. The molecule has 0 saturated heterocycles. The van der Waals surface area contributed by atoms with Gasteiger partial charge in [-0.05, 0) is 62.6 Å². The zero-order chi connectivity index (χ0) is 17.5. The Morgan fingerprint density at radius 1 is 1.17 bits per heavy atom. The van der Waals surface area contributed by atoms with E-state index in [1.54, 1.807) is 6.20 Å². The number of nitrogens with zero attached hydrogens (tertiary/aromatic N) is 2. The maximum Gasteiger partial charge on any atom is 0.319 e. The molecule has 2 aromatic rings. The van der Waals surface area contributed by atoms with Gasteiger partial charge in [0.25, 0.3) is 0 Å². The van der Waals surface area contributed by atoms with Crippen molar-refractivity contribution in [2.75, 3.05) is 23.3 Å². The first-order valence-corrected chi connectivity index (χ1v) is 8.36. The largest absolute Gasteiger partial charge is 0.357 e. The van der Waals surface area contributed by atoms with Crippen molar-refractivity contribution in [1.29, 1.82) is 0 Å². The lowest BCUT2D eigenvalue weighted by Gasteiger charge is -2.20. The lowest BCUT2D eigenvalue weighted by Crippen LogP contribution is -2.29. The molecule has 0 atom stereocenters. The average Bonchev–Trinajstić information content (AvgIpc) is 2.59. The number of aryl methyl sites for hydroxylation is 1. The number of aromatic nitrogens is 1. The average molecular weight is 326 g/mol. The number of anilines is 2. The Morgan fingerprint density at radius 3 is 2.62 bits per heavy atom. The second-order valence-corrected chi connectivity index (χ2v) is 5.75. The SMILES string of the molecule is CCN(CC)c1cc(CNC(=O)Nc2cccc(C)c2C)ccn1. The van der Waals surface area contributed by atoms with Gasteiger partial charge in [-0.15, -0.1) is 0 Å². The van der Waals surface area contributed by atoms with Crippen molar-refractivity contribution in [1.82, 2.24) is 10.3 Å². The van der Waals surface area contributed by atoms with Crippen molar-refractivity contribution in [3.05, 3.63) is 53.2 Å². The molecule has 24 heavy (non-hydrogen) atoms. The van der Waals surface area contributed by atoms with Crippen LogP contribution >= 0.6 is 0 Å². The number of nitrogens with one attached hydrogen (secondary N) is 2. The summed E-state index contributed by atoms with van der Waals surface area (Å²) in [5.74, 6) is 0.939. The van der Waals surface area contributed by atoms with E-state index in [2.05, 4.69) is 34.4 Å². The molecule has 0 radical (unpaired) electrons. The Bertz CT molecular complexity index is 696. The maximum atomic E-state index is 12.1. The third kappa shape index (κ3) is 4.47. The topological polar surface area (TPSA) is 57.3 Å². The molecule has 0 bridgehead atoms. The summed E-state index contributed by atoms with van der Waals surface area (Å²) in [5.41, 5.74) is 4.11. The predicted molar refractivity (Wildman–Crippen MR) is 99.6 cm³/mol. The Hall–Kier alpha value is -2.56. The first-order valence-electron chi connectivity index (χ1n) is 8.36. The number of hydrogen-bond donors (Lipinski definition) is 2. The Morgan fingerprint density at radius 2 is 1.92 bits per heavy atom. The summed E-state index contributed by atoms with van der Waals surface area (Å²) >= 11 is 0. The van der Waals surface area contributed by atoms with Gasteiger partial charge in [-0.3, -0.25) is 0 Å². The minimum absolute atomic E-state index is 0.204. The third-order valence-electron chi connectivity index (χ3n) is 4.20. The number of pyridine rings is 1. The summed E-state index contributed by atoms with van der Waals surface area (Å²) in [5, 5.41) is 5.80. The van der Waals surface area contributed by atoms with Crippen molar-refractivity contribution in [2.24, 2.45) is 0 Å². The summed E-state index contributed by atoms with van der Waals surface area (Å²) in [6, 6.07) is 9.62. The quantitative estimate of drug-likeness (QED) is 0.847.